The predicted molar refractivity (Wildman–Crippen MR) is 82.1 cm³/mol. The number of carbonyl (C=O) groups excluding carboxylic acids is 1. The summed E-state index contributed by atoms with van der Waals surface area (Å²) in [6.07, 6.45) is 0. The Hall–Kier alpha value is -1.58. The first-order chi connectivity index (χ1) is 9.90. The lowest BCUT2D eigenvalue weighted by Crippen LogP contribution is -2.17. The molecule has 2 rings (SSSR count). The van der Waals surface area contributed by atoms with Gasteiger partial charge in [0.15, 0.2) is 11.5 Å². The second-order valence-electron chi connectivity index (χ2n) is 4.67. The molecule has 1 aromatic carbocycles. The number of hydrogen-bond acceptors (Lipinski definition) is 6. The Morgan fingerprint density at radius 3 is 2.62 bits per heavy atom. The van der Waals surface area contributed by atoms with Crippen LogP contribution < -0.4 is 9.47 Å². The highest BCUT2D eigenvalue weighted by atomic mass is 127. The molecule has 1 aromatic rings. The van der Waals surface area contributed by atoms with E-state index < -0.39 is 4.92 Å². The van der Waals surface area contributed by atoms with Gasteiger partial charge in [0.05, 0.1) is 17.6 Å². The van der Waals surface area contributed by atoms with Crippen molar-refractivity contribution in [1.82, 2.24) is 0 Å². The number of nitro benzene ring substituents is 1. The van der Waals surface area contributed by atoms with Crippen LogP contribution in [0.4, 0.5) is 5.69 Å². The zero-order valence-electron chi connectivity index (χ0n) is 11.5. The van der Waals surface area contributed by atoms with E-state index in [1.165, 1.54) is 6.07 Å². The molecule has 0 bridgehead atoms. The molecule has 0 spiro atoms. The van der Waals surface area contributed by atoms with Gasteiger partial charge in [0.2, 0.25) is 6.79 Å². The van der Waals surface area contributed by atoms with Crippen LogP contribution in [0.3, 0.4) is 0 Å². The van der Waals surface area contributed by atoms with E-state index in [1.807, 2.05) is 22.6 Å². The van der Waals surface area contributed by atoms with Crippen molar-refractivity contribution in [3.05, 3.63) is 27.8 Å². The molecule has 7 nitrogen and oxygen atoms in total. The predicted octanol–water partition coefficient (Wildman–Crippen LogP) is 2.79. The Kier molecular flexibility index (Phi) is 4.86. The molecule has 2 atom stereocenters. The molecule has 0 saturated heterocycles. The summed E-state index contributed by atoms with van der Waals surface area (Å²) in [6.45, 7) is 3.60. The highest BCUT2D eigenvalue weighted by molar-refractivity contribution is 14.1. The lowest BCUT2D eigenvalue weighted by atomic mass is 9.99. The summed E-state index contributed by atoms with van der Waals surface area (Å²) in [5.41, 5.74) is 0.392. The lowest BCUT2D eigenvalue weighted by Gasteiger charge is -2.14. The average molecular weight is 407 g/mol. The topological polar surface area (TPSA) is 87.9 Å². The number of hydrogen-bond donors (Lipinski definition) is 0. The van der Waals surface area contributed by atoms with Gasteiger partial charge in [-0.2, -0.15) is 0 Å². The molecule has 0 radical (unpaired) electrons. The summed E-state index contributed by atoms with van der Waals surface area (Å²) < 4.78 is 15.2. The second-order valence-corrected chi connectivity index (χ2v) is 6.54. The first-order valence-electron chi connectivity index (χ1n) is 6.28. The fourth-order valence-corrected chi connectivity index (χ4v) is 2.09. The lowest BCUT2D eigenvalue weighted by molar-refractivity contribution is -0.385. The molecule has 0 amide bonds. The SMILES string of the molecule is CC(I)C(=O)OCC(C)c1cc2c(cc1[N+](=O)[O-])OCO2. The number of nitrogens with zero attached hydrogens (tertiary/aromatic N) is 1. The van der Waals surface area contributed by atoms with Crippen LogP contribution in [-0.4, -0.2) is 28.2 Å². The molecule has 0 fully saturated rings. The van der Waals surface area contributed by atoms with E-state index in [2.05, 4.69) is 0 Å². The van der Waals surface area contributed by atoms with Crippen molar-refractivity contribution >= 4 is 34.2 Å². The fourth-order valence-electron chi connectivity index (χ4n) is 1.91. The van der Waals surface area contributed by atoms with Gasteiger partial charge in [-0.05, 0) is 13.0 Å². The zero-order valence-corrected chi connectivity index (χ0v) is 13.7. The molecule has 0 aliphatic carbocycles. The maximum atomic E-state index is 11.5. The van der Waals surface area contributed by atoms with Crippen molar-refractivity contribution in [3.63, 3.8) is 0 Å². The summed E-state index contributed by atoms with van der Waals surface area (Å²) in [5.74, 6) is 0.163. The van der Waals surface area contributed by atoms with Crippen LogP contribution in [0.25, 0.3) is 0 Å². The van der Waals surface area contributed by atoms with Gasteiger partial charge in [0, 0.05) is 11.5 Å². The van der Waals surface area contributed by atoms with E-state index in [0.717, 1.165) is 0 Å². The van der Waals surface area contributed by atoms with Crippen LogP contribution in [0, 0.1) is 10.1 Å². The van der Waals surface area contributed by atoms with Crippen LogP contribution in [0.15, 0.2) is 12.1 Å². The van der Waals surface area contributed by atoms with Crippen molar-refractivity contribution in [2.45, 2.75) is 23.7 Å². The standard InChI is InChI=1S/C13H14INO6/c1-7(5-19-13(16)8(2)14)9-3-11-12(21-6-20-11)4-10(9)15(17)18/h3-4,7-8H,5-6H2,1-2H3. The highest BCUT2D eigenvalue weighted by Gasteiger charge is 2.27. The van der Waals surface area contributed by atoms with Gasteiger partial charge in [-0.15, -0.1) is 0 Å². The summed E-state index contributed by atoms with van der Waals surface area (Å²) in [6, 6.07) is 2.92. The molecule has 1 aliphatic rings. The molecule has 8 heteroatoms. The van der Waals surface area contributed by atoms with Crippen LogP contribution in [0.5, 0.6) is 11.5 Å². The van der Waals surface area contributed by atoms with Gasteiger partial charge in [-0.1, -0.05) is 29.5 Å². The summed E-state index contributed by atoms with van der Waals surface area (Å²) >= 11 is 1.95. The van der Waals surface area contributed by atoms with Gasteiger partial charge in [0.1, 0.15) is 3.92 Å². The molecular weight excluding hydrogens is 393 g/mol. The largest absolute Gasteiger partial charge is 0.464 e. The number of esters is 1. The van der Waals surface area contributed by atoms with Gasteiger partial charge < -0.3 is 14.2 Å². The van der Waals surface area contributed by atoms with Gasteiger partial charge in [-0.3, -0.25) is 14.9 Å². The number of ether oxygens (including phenoxy) is 3. The number of alkyl halides is 1. The van der Waals surface area contributed by atoms with Crippen LogP contribution in [-0.2, 0) is 9.53 Å². The molecule has 0 N–H and O–H groups in total. The molecule has 2 unspecified atom stereocenters. The Balaban J connectivity index is 2.21. The van der Waals surface area contributed by atoms with Gasteiger partial charge in [0.25, 0.3) is 5.69 Å². The maximum Gasteiger partial charge on any atom is 0.318 e. The third kappa shape index (κ3) is 3.55. The van der Waals surface area contributed by atoms with Crippen LogP contribution in [0.1, 0.15) is 25.3 Å². The number of halogens is 1. The number of nitro groups is 1. The van der Waals surface area contributed by atoms with E-state index in [4.69, 9.17) is 14.2 Å². The molecule has 1 aliphatic heterocycles. The molecular formula is C13H14INO6. The number of rotatable bonds is 5. The summed E-state index contributed by atoms with van der Waals surface area (Å²) in [7, 11) is 0. The van der Waals surface area contributed by atoms with Crippen molar-refractivity contribution in [2.24, 2.45) is 0 Å². The minimum absolute atomic E-state index is 0.0473. The van der Waals surface area contributed by atoms with E-state index in [0.29, 0.717) is 17.1 Å². The zero-order chi connectivity index (χ0) is 15.6. The van der Waals surface area contributed by atoms with Crippen molar-refractivity contribution in [3.8, 4) is 11.5 Å². The summed E-state index contributed by atoms with van der Waals surface area (Å²) in [5, 5.41) is 11.2. The molecule has 1 heterocycles. The molecule has 114 valence electrons. The average Bonchev–Trinajstić information content (AvgIpc) is 2.89. The smallest absolute Gasteiger partial charge is 0.318 e. The monoisotopic (exact) mass is 407 g/mol. The Labute approximate surface area is 134 Å². The van der Waals surface area contributed by atoms with Gasteiger partial charge >= 0.3 is 5.97 Å². The number of fused-ring (bicyclic) bond motifs is 1. The minimum atomic E-state index is -0.476. The fraction of sp³-hybridized carbons (Fsp3) is 0.462. The van der Waals surface area contributed by atoms with E-state index in [1.54, 1.807) is 19.9 Å². The quantitative estimate of drug-likeness (QED) is 0.245. The Bertz CT molecular complexity index is 574. The van der Waals surface area contributed by atoms with Crippen molar-refractivity contribution < 1.29 is 23.9 Å². The first-order valence-corrected chi connectivity index (χ1v) is 7.53. The summed E-state index contributed by atoms with van der Waals surface area (Å²) in [4.78, 5) is 22.2. The number of carbonyl (C=O) groups is 1. The number of benzene rings is 1. The minimum Gasteiger partial charge on any atom is -0.464 e. The highest BCUT2D eigenvalue weighted by Crippen LogP contribution is 2.40. The molecule has 21 heavy (non-hydrogen) atoms. The normalized spacial score (nSPS) is 15.4. The first kappa shape index (κ1) is 15.8. The van der Waals surface area contributed by atoms with Crippen molar-refractivity contribution in [1.29, 1.82) is 0 Å². The van der Waals surface area contributed by atoms with E-state index in [-0.39, 0.29) is 34.9 Å². The third-order valence-electron chi connectivity index (χ3n) is 3.05. The maximum absolute atomic E-state index is 11.5. The Morgan fingerprint density at radius 2 is 2.05 bits per heavy atom. The van der Waals surface area contributed by atoms with Crippen molar-refractivity contribution in [2.75, 3.05) is 13.4 Å². The Morgan fingerprint density at radius 1 is 1.43 bits per heavy atom. The van der Waals surface area contributed by atoms with Crippen LogP contribution in [0.2, 0.25) is 0 Å². The van der Waals surface area contributed by atoms with E-state index >= 15 is 0 Å². The second kappa shape index (κ2) is 6.46. The van der Waals surface area contributed by atoms with Crippen LogP contribution >= 0.6 is 22.6 Å². The van der Waals surface area contributed by atoms with E-state index in [9.17, 15) is 14.9 Å². The van der Waals surface area contributed by atoms with Gasteiger partial charge in [-0.25, -0.2) is 0 Å². The molecule has 0 saturated carbocycles. The molecule has 0 aromatic heterocycles. The third-order valence-corrected chi connectivity index (χ3v) is 3.56.